The molecular weight excluding hydrogens is 377 g/mol. The normalized spacial score (nSPS) is 34.3. The van der Waals surface area contributed by atoms with Gasteiger partial charge in [0, 0.05) is 11.2 Å². The number of aromatic amines is 1. The van der Waals surface area contributed by atoms with Crippen molar-refractivity contribution in [2.24, 2.45) is 23.5 Å². The van der Waals surface area contributed by atoms with Gasteiger partial charge in [-0.15, -0.1) is 17.5 Å². The van der Waals surface area contributed by atoms with Crippen molar-refractivity contribution in [3.63, 3.8) is 0 Å². The van der Waals surface area contributed by atoms with Crippen molar-refractivity contribution in [2.45, 2.75) is 28.5 Å². The number of thioether (sulfide) groups is 1. The van der Waals surface area contributed by atoms with E-state index in [4.69, 9.17) is 10.8 Å². The van der Waals surface area contributed by atoms with Crippen LogP contribution in [0.25, 0.3) is 0 Å². The minimum Gasteiger partial charge on any atom is -0.481 e. The Hall–Kier alpha value is -1.53. The summed E-state index contributed by atoms with van der Waals surface area (Å²) in [6, 6.07) is 0. The fourth-order valence-corrected chi connectivity index (χ4v) is 4.66. The summed E-state index contributed by atoms with van der Waals surface area (Å²) in [4.78, 5) is 25.8. The summed E-state index contributed by atoms with van der Waals surface area (Å²) in [7, 11) is 0. The lowest BCUT2D eigenvalue weighted by molar-refractivity contribution is -0.146. The second-order valence-electron chi connectivity index (χ2n) is 5.64. The molecule has 5 N–H and O–H groups in total. The number of fused-ring (bicyclic) bond motifs is 1. The van der Waals surface area contributed by atoms with Gasteiger partial charge in [-0.25, -0.2) is 0 Å². The van der Waals surface area contributed by atoms with E-state index in [0.717, 1.165) is 11.8 Å². The zero-order valence-electron chi connectivity index (χ0n) is 11.6. The Morgan fingerprint density at radius 3 is 2.46 bits per heavy atom. The van der Waals surface area contributed by atoms with Gasteiger partial charge in [0.05, 0.1) is 5.92 Å². The standard InChI is InChI=1S/C11H11F3N4O4S.ClH/c12-11(13,14)7-16-9(18-17-7)23-2-1-10(15,8(21)22)5-3(2)4(5)6(19)20;/h2-5H,1,15H2,(H,19,20)(H,21,22)(H,16,17,18);1H. The van der Waals surface area contributed by atoms with Gasteiger partial charge in [-0.2, -0.15) is 18.2 Å². The molecule has 8 nitrogen and oxygen atoms in total. The Morgan fingerprint density at radius 2 is 2.00 bits per heavy atom. The molecule has 1 heterocycles. The van der Waals surface area contributed by atoms with E-state index in [1.165, 1.54) is 0 Å². The quantitative estimate of drug-likeness (QED) is 0.594. The van der Waals surface area contributed by atoms with Gasteiger partial charge in [-0.05, 0) is 12.3 Å². The molecule has 5 unspecified atom stereocenters. The fourth-order valence-electron chi connectivity index (χ4n) is 3.30. The first kappa shape index (κ1) is 18.8. The monoisotopic (exact) mass is 388 g/mol. The molecule has 0 bridgehead atoms. The van der Waals surface area contributed by atoms with Gasteiger partial charge in [0.1, 0.15) is 5.54 Å². The number of carbonyl (C=O) groups is 2. The molecule has 24 heavy (non-hydrogen) atoms. The molecule has 0 amide bonds. The molecule has 5 atom stereocenters. The minimum absolute atomic E-state index is 0. The lowest BCUT2D eigenvalue weighted by Gasteiger charge is -2.23. The summed E-state index contributed by atoms with van der Waals surface area (Å²) in [5.41, 5.74) is 4.13. The van der Waals surface area contributed by atoms with Crippen molar-refractivity contribution >= 4 is 36.1 Å². The minimum atomic E-state index is -4.67. The highest BCUT2D eigenvalue weighted by atomic mass is 35.5. The lowest BCUT2D eigenvalue weighted by Crippen LogP contribution is -2.50. The molecule has 13 heteroatoms. The molecule has 2 aliphatic carbocycles. The third kappa shape index (κ3) is 2.82. The summed E-state index contributed by atoms with van der Waals surface area (Å²) in [6.45, 7) is 0. The van der Waals surface area contributed by atoms with E-state index in [2.05, 4.69) is 10.1 Å². The van der Waals surface area contributed by atoms with E-state index in [9.17, 15) is 27.9 Å². The first-order valence-corrected chi connectivity index (χ1v) is 7.35. The average molecular weight is 389 g/mol. The number of halogens is 4. The molecule has 2 aliphatic rings. The van der Waals surface area contributed by atoms with E-state index < -0.39 is 52.5 Å². The number of carboxylic acids is 2. The van der Waals surface area contributed by atoms with Crippen LogP contribution in [-0.2, 0) is 15.8 Å². The van der Waals surface area contributed by atoms with Gasteiger partial charge in [-0.3, -0.25) is 14.7 Å². The molecule has 2 fully saturated rings. The Balaban J connectivity index is 0.00000208. The predicted octanol–water partition coefficient (Wildman–Crippen LogP) is 0.839. The molecule has 134 valence electrons. The predicted molar refractivity (Wildman–Crippen MR) is 75.6 cm³/mol. The zero-order valence-corrected chi connectivity index (χ0v) is 13.3. The van der Waals surface area contributed by atoms with Gasteiger partial charge in [-0.1, -0.05) is 11.8 Å². The smallest absolute Gasteiger partial charge is 0.451 e. The number of hydrogen-bond acceptors (Lipinski definition) is 6. The molecule has 0 radical (unpaired) electrons. The van der Waals surface area contributed by atoms with E-state index in [0.29, 0.717) is 0 Å². The Morgan fingerprint density at radius 1 is 1.38 bits per heavy atom. The molecule has 0 spiro atoms. The zero-order chi connectivity index (χ0) is 17.2. The number of alkyl halides is 3. The summed E-state index contributed by atoms with van der Waals surface area (Å²) >= 11 is 0.819. The Kier molecular flexibility index (Phi) is 4.52. The number of nitrogens with one attached hydrogen (secondary N) is 1. The van der Waals surface area contributed by atoms with Crippen LogP contribution < -0.4 is 5.73 Å². The van der Waals surface area contributed by atoms with E-state index in [1.54, 1.807) is 5.10 Å². The van der Waals surface area contributed by atoms with Gasteiger partial charge >= 0.3 is 18.1 Å². The van der Waals surface area contributed by atoms with E-state index in [-0.39, 0.29) is 24.0 Å². The van der Waals surface area contributed by atoms with Crippen molar-refractivity contribution in [1.29, 1.82) is 0 Å². The average Bonchev–Trinajstić information content (AvgIpc) is 2.88. The van der Waals surface area contributed by atoms with E-state index in [1.807, 2.05) is 0 Å². The van der Waals surface area contributed by atoms with Crippen LogP contribution in [0.1, 0.15) is 12.2 Å². The second-order valence-corrected chi connectivity index (χ2v) is 6.84. The molecule has 1 aromatic rings. The third-order valence-corrected chi connectivity index (χ3v) is 5.49. The van der Waals surface area contributed by atoms with Crippen LogP contribution in [0.5, 0.6) is 0 Å². The highest BCUT2D eigenvalue weighted by Gasteiger charge is 2.74. The number of hydrogen-bond donors (Lipinski definition) is 4. The van der Waals surface area contributed by atoms with Crippen molar-refractivity contribution in [3.05, 3.63) is 5.82 Å². The van der Waals surface area contributed by atoms with Crippen molar-refractivity contribution in [3.8, 4) is 0 Å². The second kappa shape index (κ2) is 5.77. The Bertz CT molecular complexity index is 686. The molecular formula is C11H12ClF3N4O4S. The van der Waals surface area contributed by atoms with Crippen molar-refractivity contribution < 1.29 is 33.0 Å². The van der Waals surface area contributed by atoms with Crippen molar-refractivity contribution in [2.75, 3.05) is 0 Å². The largest absolute Gasteiger partial charge is 0.481 e. The maximum absolute atomic E-state index is 12.5. The van der Waals surface area contributed by atoms with Gasteiger partial charge in [0.25, 0.3) is 0 Å². The van der Waals surface area contributed by atoms with Gasteiger partial charge in [0.2, 0.25) is 11.0 Å². The molecule has 0 saturated heterocycles. The molecule has 0 aromatic carbocycles. The fraction of sp³-hybridized carbons (Fsp3) is 0.636. The number of H-pyrrole nitrogens is 1. The van der Waals surface area contributed by atoms with Crippen LogP contribution in [0.2, 0.25) is 0 Å². The van der Waals surface area contributed by atoms with Crippen LogP contribution in [-0.4, -0.2) is 48.1 Å². The van der Waals surface area contributed by atoms with Crippen LogP contribution in [0, 0.1) is 17.8 Å². The topological polar surface area (TPSA) is 142 Å². The summed E-state index contributed by atoms with van der Waals surface area (Å²) in [5, 5.41) is 22.8. The van der Waals surface area contributed by atoms with Crippen LogP contribution in [0.15, 0.2) is 5.16 Å². The first-order chi connectivity index (χ1) is 10.6. The number of carboxylic acid groups (broad SMARTS) is 2. The highest BCUT2D eigenvalue weighted by molar-refractivity contribution is 7.99. The number of nitrogens with two attached hydrogens (primary N) is 1. The summed E-state index contributed by atoms with van der Waals surface area (Å²) < 4.78 is 37.4. The lowest BCUT2D eigenvalue weighted by atomic mass is 9.91. The van der Waals surface area contributed by atoms with Crippen molar-refractivity contribution in [1.82, 2.24) is 15.2 Å². The van der Waals surface area contributed by atoms with Gasteiger partial charge < -0.3 is 15.9 Å². The van der Waals surface area contributed by atoms with Crippen LogP contribution in [0.3, 0.4) is 0 Å². The molecule has 3 rings (SSSR count). The number of nitrogens with zero attached hydrogens (tertiary/aromatic N) is 2. The van der Waals surface area contributed by atoms with Gasteiger partial charge in [0.15, 0.2) is 0 Å². The summed E-state index contributed by atoms with van der Waals surface area (Å²) in [5.74, 6) is -5.92. The highest BCUT2D eigenvalue weighted by Crippen LogP contribution is 2.65. The molecule has 1 aromatic heterocycles. The maximum atomic E-state index is 12.5. The molecule has 0 aliphatic heterocycles. The SMILES string of the molecule is Cl.NC1(C(=O)O)CC(Sc2n[nH]c(C(F)(F)F)n2)C2C(C(=O)O)C21. The number of aliphatic carboxylic acids is 2. The number of rotatable bonds is 4. The van der Waals surface area contributed by atoms with Crippen LogP contribution >= 0.6 is 24.2 Å². The first-order valence-electron chi connectivity index (χ1n) is 6.47. The third-order valence-electron chi connectivity index (χ3n) is 4.31. The van der Waals surface area contributed by atoms with E-state index >= 15 is 0 Å². The maximum Gasteiger partial charge on any atom is 0.451 e. The summed E-state index contributed by atoms with van der Waals surface area (Å²) in [6.07, 6.45) is -4.73. The molecule has 2 saturated carbocycles. The van der Waals surface area contributed by atoms with Crippen LogP contribution in [0.4, 0.5) is 13.2 Å². The Labute approximate surface area is 142 Å². The number of aromatic nitrogens is 3.